The predicted octanol–water partition coefficient (Wildman–Crippen LogP) is 2.06. The highest BCUT2D eigenvalue weighted by Gasteiger charge is 2.43. The van der Waals surface area contributed by atoms with E-state index in [2.05, 4.69) is 4.99 Å². The number of rotatable bonds is 3. The van der Waals surface area contributed by atoms with Crippen LogP contribution in [0.2, 0.25) is 5.02 Å². The Balaban J connectivity index is 1.71. The molecule has 0 spiro atoms. The Hall–Kier alpha value is -2.08. The van der Waals surface area contributed by atoms with Gasteiger partial charge in [-0.05, 0) is 37.5 Å². The van der Waals surface area contributed by atoms with Crippen molar-refractivity contribution in [2.45, 2.75) is 38.1 Å². The number of guanidine groups is 1. The van der Waals surface area contributed by atoms with Crippen LogP contribution < -0.4 is 5.73 Å². The van der Waals surface area contributed by atoms with Crippen molar-refractivity contribution < 1.29 is 9.59 Å². The Kier molecular flexibility index (Phi) is 5.23. The molecule has 1 saturated heterocycles. The number of benzene rings is 1. The van der Waals surface area contributed by atoms with Gasteiger partial charge >= 0.3 is 0 Å². The summed E-state index contributed by atoms with van der Waals surface area (Å²) < 4.78 is 0. The van der Waals surface area contributed by atoms with E-state index in [0.29, 0.717) is 24.4 Å². The molecule has 1 unspecified atom stereocenters. The van der Waals surface area contributed by atoms with E-state index < -0.39 is 5.54 Å². The second-order valence-electron chi connectivity index (χ2n) is 7.44. The summed E-state index contributed by atoms with van der Waals surface area (Å²) in [6.07, 6.45) is 2.49. The van der Waals surface area contributed by atoms with Gasteiger partial charge in [0, 0.05) is 31.1 Å². The van der Waals surface area contributed by atoms with E-state index in [-0.39, 0.29) is 23.7 Å². The Bertz CT molecular complexity index is 751. The molecule has 2 atom stereocenters. The zero-order valence-electron chi connectivity index (χ0n) is 15.2. The van der Waals surface area contributed by atoms with Crippen LogP contribution in [0.3, 0.4) is 0 Å². The van der Waals surface area contributed by atoms with Gasteiger partial charge in [0.25, 0.3) is 0 Å². The van der Waals surface area contributed by atoms with Crippen LogP contribution in [0.15, 0.2) is 29.3 Å². The first kappa shape index (κ1) is 18.7. The number of hydrogen-bond acceptors (Lipinski definition) is 4. The molecular formula is C19H25ClN4O2. The van der Waals surface area contributed by atoms with E-state index in [0.717, 1.165) is 24.9 Å². The highest BCUT2D eigenvalue weighted by molar-refractivity contribution is 6.30. The minimum atomic E-state index is -0.553. The number of aliphatic imine (C=N–C) groups is 1. The summed E-state index contributed by atoms with van der Waals surface area (Å²) in [5, 5.41) is 0.633. The summed E-state index contributed by atoms with van der Waals surface area (Å²) in [4.78, 5) is 32.8. The quantitative estimate of drug-likeness (QED) is 0.876. The fourth-order valence-corrected chi connectivity index (χ4v) is 4.02. The number of hydrogen-bond donors (Lipinski definition) is 1. The Labute approximate surface area is 159 Å². The van der Waals surface area contributed by atoms with E-state index >= 15 is 0 Å². The number of carbonyl (C=O) groups excluding carboxylic acids is 2. The molecule has 2 amide bonds. The number of likely N-dealkylation sites (tertiary alicyclic amines) is 1. The molecule has 140 valence electrons. The van der Waals surface area contributed by atoms with Crippen LogP contribution >= 0.6 is 11.6 Å². The smallest absolute Gasteiger partial charge is 0.231 e. The van der Waals surface area contributed by atoms with Crippen molar-refractivity contribution in [3.8, 4) is 0 Å². The van der Waals surface area contributed by atoms with E-state index in [9.17, 15) is 9.59 Å². The van der Waals surface area contributed by atoms with Gasteiger partial charge in [-0.1, -0.05) is 23.7 Å². The molecular weight excluding hydrogens is 352 g/mol. The van der Waals surface area contributed by atoms with Gasteiger partial charge in [0.05, 0.1) is 18.4 Å². The van der Waals surface area contributed by atoms with Gasteiger partial charge in [-0.15, -0.1) is 0 Å². The number of piperidine rings is 1. The summed E-state index contributed by atoms with van der Waals surface area (Å²) in [6, 6.07) is 7.38. The molecule has 0 aromatic heterocycles. The number of carbonyl (C=O) groups is 2. The van der Waals surface area contributed by atoms with Gasteiger partial charge in [-0.3, -0.25) is 14.5 Å². The first-order valence-corrected chi connectivity index (χ1v) is 9.30. The SMILES string of the molecule is CN1C(=O)C[C@@](C)(C2CCCN(C(=O)Cc3cccc(Cl)c3)C2)N=C1N. The maximum atomic E-state index is 12.7. The molecule has 2 N–H and O–H groups in total. The van der Waals surface area contributed by atoms with Crippen molar-refractivity contribution in [2.75, 3.05) is 20.1 Å². The van der Waals surface area contributed by atoms with Crippen molar-refractivity contribution in [3.63, 3.8) is 0 Å². The van der Waals surface area contributed by atoms with Crippen molar-refractivity contribution >= 4 is 29.4 Å². The molecule has 0 saturated carbocycles. The summed E-state index contributed by atoms with van der Waals surface area (Å²) >= 11 is 6.01. The minimum absolute atomic E-state index is 0.0256. The molecule has 3 rings (SSSR count). The molecule has 2 aliphatic rings. The lowest BCUT2D eigenvalue weighted by molar-refractivity contribution is -0.133. The second-order valence-corrected chi connectivity index (χ2v) is 7.88. The summed E-state index contributed by atoms with van der Waals surface area (Å²) in [5.41, 5.74) is 6.28. The average molecular weight is 377 g/mol. The third-order valence-electron chi connectivity index (χ3n) is 5.49. The number of amides is 2. The molecule has 1 fully saturated rings. The van der Waals surface area contributed by atoms with E-state index in [1.165, 1.54) is 4.90 Å². The maximum Gasteiger partial charge on any atom is 0.231 e. The van der Waals surface area contributed by atoms with Gasteiger partial charge in [0.1, 0.15) is 0 Å². The lowest BCUT2D eigenvalue weighted by Crippen LogP contribution is -2.55. The first-order valence-electron chi connectivity index (χ1n) is 8.92. The molecule has 2 aliphatic heterocycles. The van der Waals surface area contributed by atoms with E-state index in [4.69, 9.17) is 17.3 Å². The fraction of sp³-hybridized carbons (Fsp3) is 0.526. The zero-order chi connectivity index (χ0) is 18.9. The number of halogens is 1. The number of nitrogens with zero attached hydrogens (tertiary/aromatic N) is 3. The lowest BCUT2D eigenvalue weighted by atomic mass is 9.77. The van der Waals surface area contributed by atoms with Crippen LogP contribution in [-0.4, -0.2) is 53.2 Å². The number of nitrogens with two attached hydrogens (primary N) is 1. The predicted molar refractivity (Wildman–Crippen MR) is 102 cm³/mol. The second kappa shape index (κ2) is 7.27. The summed E-state index contributed by atoms with van der Waals surface area (Å²) in [5.74, 6) is 0.432. The zero-order valence-corrected chi connectivity index (χ0v) is 16.0. The van der Waals surface area contributed by atoms with Crippen molar-refractivity contribution in [3.05, 3.63) is 34.9 Å². The molecule has 0 radical (unpaired) electrons. The largest absolute Gasteiger partial charge is 0.369 e. The van der Waals surface area contributed by atoms with Crippen LogP contribution in [0, 0.1) is 5.92 Å². The molecule has 7 heteroatoms. The van der Waals surface area contributed by atoms with Crippen molar-refractivity contribution in [1.29, 1.82) is 0 Å². The van der Waals surface area contributed by atoms with Crippen LogP contribution in [-0.2, 0) is 16.0 Å². The van der Waals surface area contributed by atoms with Crippen molar-refractivity contribution in [2.24, 2.45) is 16.6 Å². The Morgan fingerprint density at radius 2 is 2.23 bits per heavy atom. The molecule has 1 aromatic rings. The van der Waals surface area contributed by atoms with E-state index in [1.807, 2.05) is 30.0 Å². The molecule has 2 heterocycles. The molecule has 6 nitrogen and oxygen atoms in total. The highest BCUT2D eigenvalue weighted by Crippen LogP contribution is 2.35. The van der Waals surface area contributed by atoms with Gasteiger partial charge in [0.15, 0.2) is 5.96 Å². The minimum Gasteiger partial charge on any atom is -0.369 e. The summed E-state index contributed by atoms with van der Waals surface area (Å²) in [6.45, 7) is 3.31. The Morgan fingerprint density at radius 3 is 2.92 bits per heavy atom. The average Bonchev–Trinajstić information content (AvgIpc) is 2.60. The van der Waals surface area contributed by atoms with Crippen molar-refractivity contribution in [1.82, 2.24) is 9.80 Å². The molecule has 0 aliphatic carbocycles. The third kappa shape index (κ3) is 3.85. The monoisotopic (exact) mass is 376 g/mol. The van der Waals surface area contributed by atoms with Gasteiger partial charge < -0.3 is 10.6 Å². The van der Waals surface area contributed by atoms with Gasteiger partial charge in [-0.2, -0.15) is 0 Å². The maximum absolute atomic E-state index is 12.7. The highest BCUT2D eigenvalue weighted by atomic mass is 35.5. The molecule has 26 heavy (non-hydrogen) atoms. The van der Waals surface area contributed by atoms with Gasteiger partial charge in [-0.25, -0.2) is 4.99 Å². The van der Waals surface area contributed by atoms with Crippen LogP contribution in [0.4, 0.5) is 0 Å². The van der Waals surface area contributed by atoms with Crippen LogP contribution in [0.25, 0.3) is 0 Å². The van der Waals surface area contributed by atoms with Crippen LogP contribution in [0.5, 0.6) is 0 Å². The fourth-order valence-electron chi connectivity index (χ4n) is 3.81. The Morgan fingerprint density at radius 1 is 1.46 bits per heavy atom. The third-order valence-corrected chi connectivity index (χ3v) is 5.73. The van der Waals surface area contributed by atoms with Gasteiger partial charge in [0.2, 0.25) is 11.8 Å². The first-order chi connectivity index (χ1) is 12.3. The van der Waals surface area contributed by atoms with E-state index in [1.54, 1.807) is 13.1 Å². The van der Waals surface area contributed by atoms with Crippen LogP contribution in [0.1, 0.15) is 31.7 Å². The summed E-state index contributed by atoms with van der Waals surface area (Å²) in [7, 11) is 1.64. The molecule has 1 aromatic carbocycles. The normalized spacial score (nSPS) is 26.7. The lowest BCUT2D eigenvalue weighted by Gasteiger charge is -2.43. The topological polar surface area (TPSA) is 79.0 Å². The molecule has 0 bridgehead atoms. The standard InChI is InChI=1S/C19H25ClN4O2/c1-19(11-17(26)23(2)18(21)22-19)14-6-4-8-24(12-14)16(25)10-13-5-3-7-15(20)9-13/h3,5,7,9,14H,4,6,8,10-12H2,1-2H3,(H2,21,22)/t14?,19-/m0/s1.